The summed E-state index contributed by atoms with van der Waals surface area (Å²) in [5.41, 5.74) is 2.84. The standard InChI is InChI=1S/C27H27ClN6O2/c28-23-5-1-2-6-25(23)34(27(36)21-8-7-20-9-12-29-24(20)18-21)19-26(35)33-16-14-32(15-17-33)13-10-22-4-3-11-30-31-22/h1-9,11-12,18,29H,10,13-17,19H2. The highest BCUT2D eigenvalue weighted by molar-refractivity contribution is 6.34. The van der Waals surface area contributed by atoms with E-state index in [2.05, 4.69) is 20.1 Å². The molecule has 0 bridgehead atoms. The quantitative estimate of drug-likeness (QED) is 0.417. The fourth-order valence-corrected chi connectivity index (χ4v) is 4.71. The van der Waals surface area contributed by atoms with Crippen molar-refractivity contribution in [3.05, 3.63) is 89.3 Å². The van der Waals surface area contributed by atoms with Gasteiger partial charge in [-0.25, -0.2) is 0 Å². The van der Waals surface area contributed by atoms with Gasteiger partial charge in [-0.15, -0.1) is 0 Å². The van der Waals surface area contributed by atoms with Gasteiger partial charge in [0, 0.05) is 62.6 Å². The molecule has 184 valence electrons. The zero-order valence-corrected chi connectivity index (χ0v) is 20.6. The molecule has 2 amide bonds. The van der Waals surface area contributed by atoms with E-state index >= 15 is 0 Å². The Kier molecular flexibility index (Phi) is 7.25. The molecule has 0 radical (unpaired) electrons. The maximum absolute atomic E-state index is 13.6. The molecule has 0 atom stereocenters. The molecule has 3 heterocycles. The Hall–Kier alpha value is -3.75. The van der Waals surface area contributed by atoms with E-state index in [1.807, 2.05) is 53.6 Å². The molecule has 1 saturated heterocycles. The van der Waals surface area contributed by atoms with Crippen molar-refractivity contribution in [1.82, 2.24) is 25.0 Å². The van der Waals surface area contributed by atoms with E-state index in [9.17, 15) is 9.59 Å². The van der Waals surface area contributed by atoms with Crippen molar-refractivity contribution in [2.24, 2.45) is 0 Å². The topological polar surface area (TPSA) is 85.4 Å². The van der Waals surface area contributed by atoms with Crippen LogP contribution in [0.5, 0.6) is 0 Å². The Bertz CT molecular complexity index is 1350. The van der Waals surface area contributed by atoms with Crippen molar-refractivity contribution in [3.8, 4) is 0 Å². The second-order valence-corrected chi connectivity index (χ2v) is 9.22. The minimum Gasteiger partial charge on any atom is -0.361 e. The first-order valence-electron chi connectivity index (χ1n) is 12.0. The predicted molar refractivity (Wildman–Crippen MR) is 140 cm³/mol. The molecule has 1 fully saturated rings. The number of benzene rings is 2. The number of hydrogen-bond donors (Lipinski definition) is 1. The van der Waals surface area contributed by atoms with E-state index in [1.54, 1.807) is 24.4 Å². The minimum absolute atomic E-state index is 0.0784. The zero-order chi connectivity index (χ0) is 24.9. The smallest absolute Gasteiger partial charge is 0.258 e. The molecule has 2 aromatic heterocycles. The average Bonchev–Trinajstić information content (AvgIpc) is 3.39. The molecule has 36 heavy (non-hydrogen) atoms. The van der Waals surface area contributed by atoms with Crippen molar-refractivity contribution in [3.63, 3.8) is 0 Å². The van der Waals surface area contributed by atoms with Gasteiger partial charge in [0.1, 0.15) is 6.54 Å². The molecule has 9 heteroatoms. The maximum Gasteiger partial charge on any atom is 0.258 e. The number of nitrogens with one attached hydrogen (secondary N) is 1. The Morgan fingerprint density at radius 1 is 1.00 bits per heavy atom. The summed E-state index contributed by atoms with van der Waals surface area (Å²) in [4.78, 5) is 35.7. The molecule has 8 nitrogen and oxygen atoms in total. The van der Waals surface area contributed by atoms with Crippen LogP contribution in [0.25, 0.3) is 10.9 Å². The molecule has 0 saturated carbocycles. The second-order valence-electron chi connectivity index (χ2n) is 8.81. The van der Waals surface area contributed by atoms with Crippen LogP contribution in [0, 0.1) is 0 Å². The van der Waals surface area contributed by atoms with Crippen molar-refractivity contribution in [1.29, 1.82) is 0 Å². The maximum atomic E-state index is 13.6. The first kappa shape index (κ1) is 24.0. The Morgan fingerprint density at radius 3 is 2.61 bits per heavy atom. The number of anilines is 1. The van der Waals surface area contributed by atoms with Crippen molar-refractivity contribution in [2.75, 3.05) is 44.2 Å². The van der Waals surface area contributed by atoms with Gasteiger partial charge >= 0.3 is 0 Å². The summed E-state index contributed by atoms with van der Waals surface area (Å²) in [6, 6.07) is 18.4. The lowest BCUT2D eigenvalue weighted by molar-refractivity contribution is -0.131. The minimum atomic E-state index is -0.268. The zero-order valence-electron chi connectivity index (χ0n) is 19.8. The van der Waals surface area contributed by atoms with Gasteiger partial charge in [-0.05, 0) is 47.9 Å². The third-order valence-electron chi connectivity index (χ3n) is 6.52. The van der Waals surface area contributed by atoms with Gasteiger partial charge in [0.25, 0.3) is 5.91 Å². The highest BCUT2D eigenvalue weighted by Gasteiger charge is 2.27. The Labute approximate surface area is 214 Å². The molecular weight excluding hydrogens is 476 g/mol. The van der Waals surface area contributed by atoms with Crippen LogP contribution < -0.4 is 4.90 Å². The summed E-state index contributed by atoms with van der Waals surface area (Å²) in [5.74, 6) is -0.367. The normalized spacial score (nSPS) is 14.2. The summed E-state index contributed by atoms with van der Waals surface area (Å²) < 4.78 is 0. The number of aromatic nitrogens is 3. The van der Waals surface area contributed by atoms with Crippen molar-refractivity contribution in [2.45, 2.75) is 6.42 Å². The number of H-pyrrole nitrogens is 1. The second kappa shape index (κ2) is 10.9. The van der Waals surface area contributed by atoms with Crippen LogP contribution in [0.15, 0.2) is 73.1 Å². The lowest BCUT2D eigenvalue weighted by Gasteiger charge is -2.36. The lowest BCUT2D eigenvalue weighted by atomic mass is 10.1. The third-order valence-corrected chi connectivity index (χ3v) is 6.84. The van der Waals surface area contributed by atoms with Crippen LogP contribution in [-0.2, 0) is 11.2 Å². The molecule has 4 aromatic rings. The van der Waals surface area contributed by atoms with Gasteiger partial charge in [0.05, 0.1) is 16.4 Å². The Balaban J connectivity index is 1.26. The van der Waals surface area contributed by atoms with Crippen molar-refractivity contribution >= 4 is 40.0 Å². The summed E-state index contributed by atoms with van der Waals surface area (Å²) in [7, 11) is 0. The molecule has 1 aliphatic rings. The number of aromatic amines is 1. The fourth-order valence-electron chi connectivity index (χ4n) is 4.47. The average molecular weight is 503 g/mol. The molecule has 0 aliphatic carbocycles. The van der Waals surface area contributed by atoms with Crippen LogP contribution in [0.2, 0.25) is 5.02 Å². The number of para-hydroxylation sites is 1. The van der Waals surface area contributed by atoms with E-state index in [0.717, 1.165) is 42.7 Å². The number of halogens is 1. The molecule has 5 rings (SSSR count). The van der Waals surface area contributed by atoms with Crippen LogP contribution >= 0.6 is 11.6 Å². The lowest BCUT2D eigenvalue weighted by Crippen LogP contribution is -2.52. The van der Waals surface area contributed by atoms with E-state index in [1.165, 1.54) is 4.90 Å². The van der Waals surface area contributed by atoms with E-state index < -0.39 is 0 Å². The van der Waals surface area contributed by atoms with Crippen LogP contribution in [0.4, 0.5) is 5.69 Å². The summed E-state index contributed by atoms with van der Waals surface area (Å²) >= 11 is 6.46. The van der Waals surface area contributed by atoms with Gasteiger partial charge < -0.3 is 9.88 Å². The molecule has 1 aliphatic heterocycles. The van der Waals surface area contributed by atoms with E-state index in [-0.39, 0.29) is 18.4 Å². The van der Waals surface area contributed by atoms with Crippen LogP contribution in [0.3, 0.4) is 0 Å². The highest BCUT2D eigenvalue weighted by atomic mass is 35.5. The third kappa shape index (κ3) is 5.40. The summed E-state index contributed by atoms with van der Waals surface area (Å²) in [6.07, 6.45) is 4.33. The first-order chi connectivity index (χ1) is 17.6. The number of carbonyl (C=O) groups is 2. The molecule has 2 aromatic carbocycles. The Morgan fingerprint density at radius 2 is 1.83 bits per heavy atom. The van der Waals surface area contributed by atoms with Gasteiger partial charge in [-0.1, -0.05) is 29.8 Å². The molecule has 0 spiro atoms. The number of carbonyl (C=O) groups excluding carboxylic acids is 2. The largest absolute Gasteiger partial charge is 0.361 e. The van der Waals surface area contributed by atoms with Gasteiger partial charge in [0.15, 0.2) is 0 Å². The number of fused-ring (bicyclic) bond motifs is 1. The number of nitrogens with zero attached hydrogens (tertiary/aromatic N) is 5. The van der Waals surface area contributed by atoms with E-state index in [4.69, 9.17) is 11.6 Å². The molecule has 0 unspecified atom stereocenters. The summed E-state index contributed by atoms with van der Waals surface area (Å²) in [5, 5.41) is 9.51. The van der Waals surface area contributed by atoms with Crippen molar-refractivity contribution < 1.29 is 9.59 Å². The predicted octanol–water partition coefficient (Wildman–Crippen LogP) is 3.65. The van der Waals surface area contributed by atoms with Gasteiger partial charge in [-0.3, -0.25) is 19.4 Å². The fraction of sp³-hybridized carbons (Fsp3) is 0.259. The van der Waals surface area contributed by atoms with Gasteiger partial charge in [-0.2, -0.15) is 10.2 Å². The molecule has 1 N–H and O–H groups in total. The monoisotopic (exact) mass is 502 g/mol. The number of rotatable bonds is 7. The number of piperazine rings is 1. The van der Waals surface area contributed by atoms with E-state index in [0.29, 0.717) is 29.4 Å². The molecular formula is C27H27ClN6O2. The first-order valence-corrected chi connectivity index (χ1v) is 12.4. The number of amides is 2. The van der Waals surface area contributed by atoms with Crippen LogP contribution in [-0.4, -0.2) is 76.1 Å². The number of hydrogen-bond acceptors (Lipinski definition) is 5. The summed E-state index contributed by atoms with van der Waals surface area (Å²) in [6.45, 7) is 3.55. The van der Waals surface area contributed by atoms with Crippen LogP contribution in [0.1, 0.15) is 16.1 Å². The highest BCUT2D eigenvalue weighted by Crippen LogP contribution is 2.27. The van der Waals surface area contributed by atoms with Gasteiger partial charge in [0.2, 0.25) is 5.91 Å². The SMILES string of the molecule is O=C(CN(C(=O)c1ccc2cc[nH]c2c1)c1ccccc1Cl)N1CCN(CCc2cccnn2)CC1.